The number of aldehydes is 1. The molecule has 0 N–H and O–H groups in total. The molecule has 0 rings (SSSR count). The second-order valence-corrected chi connectivity index (χ2v) is 5.84. The van der Waals surface area contributed by atoms with Crippen LogP contribution in [0.25, 0.3) is 0 Å². The molecule has 0 aliphatic carbocycles. The van der Waals surface area contributed by atoms with Gasteiger partial charge in [0.15, 0.2) is 0 Å². The van der Waals surface area contributed by atoms with E-state index < -0.39 is 0 Å². The maximum absolute atomic E-state index is 9.94. The summed E-state index contributed by atoms with van der Waals surface area (Å²) >= 11 is 0. The Morgan fingerprint density at radius 3 is 1.52 bits per heavy atom. The van der Waals surface area contributed by atoms with E-state index in [0.717, 1.165) is 25.7 Å². The first kappa shape index (κ1) is 22.9. The Labute approximate surface area is 134 Å². The Hall–Kier alpha value is -0.370. The second-order valence-electron chi connectivity index (χ2n) is 5.84. The van der Waals surface area contributed by atoms with Crippen molar-refractivity contribution in [2.75, 3.05) is 13.7 Å². The highest BCUT2D eigenvalue weighted by Gasteiger charge is 1.89. The van der Waals surface area contributed by atoms with Gasteiger partial charge in [-0.25, -0.2) is 0 Å². The number of methoxy groups -OCH3 is 1. The van der Waals surface area contributed by atoms with Crippen LogP contribution >= 0.6 is 0 Å². The highest BCUT2D eigenvalue weighted by molar-refractivity contribution is 5.48. The minimum Gasteiger partial charge on any atom is -0.385 e. The Morgan fingerprint density at radius 1 is 0.667 bits per heavy atom. The average Bonchev–Trinajstić information content (AvgIpc) is 2.51. The molecule has 0 fully saturated rings. The first-order chi connectivity index (χ1) is 10.3. The van der Waals surface area contributed by atoms with Crippen LogP contribution in [0.5, 0.6) is 0 Å². The number of hydrogen-bond donors (Lipinski definition) is 0. The summed E-state index contributed by atoms with van der Waals surface area (Å²) in [5, 5.41) is 0. The molecule has 2 heteroatoms. The van der Waals surface area contributed by atoms with E-state index in [1.807, 2.05) is 0 Å². The van der Waals surface area contributed by atoms with Crippen LogP contribution in [0.3, 0.4) is 0 Å². The summed E-state index contributed by atoms with van der Waals surface area (Å²) in [5.41, 5.74) is 0. The van der Waals surface area contributed by atoms with Crippen molar-refractivity contribution in [3.05, 3.63) is 0 Å². The van der Waals surface area contributed by atoms with Gasteiger partial charge in [-0.05, 0) is 12.8 Å². The minimum atomic E-state index is 0.758. The van der Waals surface area contributed by atoms with E-state index in [1.54, 1.807) is 7.11 Å². The van der Waals surface area contributed by atoms with Gasteiger partial charge < -0.3 is 9.53 Å². The van der Waals surface area contributed by atoms with Gasteiger partial charge in [-0.3, -0.25) is 0 Å². The number of hydrogen-bond acceptors (Lipinski definition) is 2. The van der Waals surface area contributed by atoms with Crippen molar-refractivity contribution in [3.63, 3.8) is 0 Å². The predicted molar refractivity (Wildman–Crippen MR) is 93.9 cm³/mol. The van der Waals surface area contributed by atoms with E-state index in [9.17, 15) is 4.79 Å². The van der Waals surface area contributed by atoms with Crippen LogP contribution in [0.4, 0.5) is 0 Å². The van der Waals surface area contributed by atoms with Crippen molar-refractivity contribution in [3.8, 4) is 0 Å². The van der Waals surface area contributed by atoms with Crippen LogP contribution in [-0.4, -0.2) is 20.0 Å². The predicted octanol–water partition coefficient (Wildman–Crippen LogP) is 6.32. The van der Waals surface area contributed by atoms with Crippen LogP contribution < -0.4 is 0 Å². The van der Waals surface area contributed by atoms with Gasteiger partial charge in [-0.15, -0.1) is 0 Å². The van der Waals surface area contributed by atoms with Crippen molar-refractivity contribution in [2.45, 2.75) is 104 Å². The van der Waals surface area contributed by atoms with E-state index in [-0.39, 0.29) is 0 Å². The molecule has 0 unspecified atom stereocenters. The van der Waals surface area contributed by atoms with Crippen LogP contribution in [0.2, 0.25) is 0 Å². The van der Waals surface area contributed by atoms with Gasteiger partial charge in [-0.2, -0.15) is 0 Å². The Kier molecular flexibility index (Phi) is 26.9. The highest BCUT2D eigenvalue weighted by atomic mass is 16.5. The van der Waals surface area contributed by atoms with Gasteiger partial charge in [0.2, 0.25) is 0 Å². The van der Waals surface area contributed by atoms with Gasteiger partial charge in [0.25, 0.3) is 0 Å². The molecular formula is C19H40O2. The van der Waals surface area contributed by atoms with E-state index in [2.05, 4.69) is 13.8 Å². The minimum absolute atomic E-state index is 0.758. The van der Waals surface area contributed by atoms with Crippen LogP contribution in [0, 0.1) is 0 Å². The zero-order valence-electron chi connectivity index (χ0n) is 15.0. The van der Waals surface area contributed by atoms with Crippen molar-refractivity contribution in [1.82, 2.24) is 0 Å². The SMILES string of the molecule is CCCCCCCCCC=O.CCCCCCCCOC. The molecular weight excluding hydrogens is 260 g/mol. The largest absolute Gasteiger partial charge is 0.385 e. The van der Waals surface area contributed by atoms with Crippen LogP contribution in [0.1, 0.15) is 104 Å². The molecule has 0 saturated heterocycles. The molecule has 21 heavy (non-hydrogen) atoms. The molecule has 0 aliphatic heterocycles. The van der Waals surface area contributed by atoms with Gasteiger partial charge in [0.05, 0.1) is 0 Å². The lowest BCUT2D eigenvalue weighted by atomic mass is 10.1. The third-order valence-electron chi connectivity index (χ3n) is 3.63. The smallest absolute Gasteiger partial charge is 0.119 e. The fraction of sp³-hybridized carbons (Fsp3) is 0.947. The molecule has 0 radical (unpaired) electrons. The average molecular weight is 301 g/mol. The van der Waals surface area contributed by atoms with Crippen molar-refractivity contribution in [2.24, 2.45) is 0 Å². The third kappa shape index (κ3) is 28.5. The Morgan fingerprint density at radius 2 is 1.10 bits per heavy atom. The summed E-state index contributed by atoms with van der Waals surface area (Å²) < 4.78 is 4.95. The molecule has 0 spiro atoms. The lowest BCUT2D eigenvalue weighted by molar-refractivity contribution is -0.107. The Bertz CT molecular complexity index is 161. The molecule has 128 valence electrons. The number of carbonyl (C=O) groups is 1. The van der Waals surface area contributed by atoms with Gasteiger partial charge in [0, 0.05) is 20.1 Å². The van der Waals surface area contributed by atoms with Crippen LogP contribution in [-0.2, 0) is 9.53 Å². The topological polar surface area (TPSA) is 26.3 Å². The van der Waals surface area contributed by atoms with Crippen molar-refractivity contribution < 1.29 is 9.53 Å². The summed E-state index contributed by atoms with van der Waals surface area (Å²) in [6.07, 6.45) is 18.9. The maximum Gasteiger partial charge on any atom is 0.119 e. The molecule has 2 nitrogen and oxygen atoms in total. The quantitative estimate of drug-likeness (QED) is 0.261. The molecule has 0 bridgehead atoms. The van der Waals surface area contributed by atoms with Crippen LogP contribution in [0.15, 0.2) is 0 Å². The zero-order chi connectivity index (χ0) is 16.0. The summed E-state index contributed by atoms with van der Waals surface area (Å²) in [6.45, 7) is 5.41. The van der Waals surface area contributed by atoms with Gasteiger partial charge >= 0.3 is 0 Å². The number of ether oxygens (including phenoxy) is 1. The molecule has 0 aromatic heterocycles. The van der Waals surface area contributed by atoms with E-state index in [1.165, 1.54) is 77.0 Å². The molecule has 0 heterocycles. The van der Waals surface area contributed by atoms with E-state index >= 15 is 0 Å². The molecule has 0 amide bonds. The van der Waals surface area contributed by atoms with Crippen molar-refractivity contribution >= 4 is 6.29 Å². The molecule has 0 aromatic carbocycles. The van der Waals surface area contributed by atoms with E-state index in [0.29, 0.717) is 0 Å². The molecule has 0 saturated carbocycles. The summed E-state index contributed by atoms with van der Waals surface area (Å²) in [5.74, 6) is 0. The zero-order valence-corrected chi connectivity index (χ0v) is 15.0. The van der Waals surface area contributed by atoms with E-state index in [4.69, 9.17) is 4.74 Å². The fourth-order valence-corrected chi connectivity index (χ4v) is 2.21. The van der Waals surface area contributed by atoms with Crippen molar-refractivity contribution in [1.29, 1.82) is 0 Å². The standard InChI is InChI=1S/C10H20O.C9H20O/c1-2-3-4-5-6-7-8-9-10-11;1-3-4-5-6-7-8-9-10-2/h10H,2-9H2,1H3;3-9H2,1-2H3. The monoisotopic (exact) mass is 300 g/mol. The summed E-state index contributed by atoms with van der Waals surface area (Å²) in [4.78, 5) is 9.94. The first-order valence-corrected chi connectivity index (χ1v) is 9.26. The second kappa shape index (κ2) is 24.6. The number of rotatable bonds is 15. The lowest BCUT2D eigenvalue weighted by Crippen LogP contribution is -1.87. The summed E-state index contributed by atoms with van der Waals surface area (Å²) in [7, 11) is 1.77. The maximum atomic E-state index is 9.94. The molecule has 0 aromatic rings. The number of carbonyl (C=O) groups excluding carboxylic acids is 1. The third-order valence-corrected chi connectivity index (χ3v) is 3.63. The Balaban J connectivity index is 0. The first-order valence-electron chi connectivity index (χ1n) is 9.26. The molecule has 0 atom stereocenters. The highest BCUT2D eigenvalue weighted by Crippen LogP contribution is 2.07. The molecule has 0 aliphatic rings. The normalized spacial score (nSPS) is 10.0. The fourth-order valence-electron chi connectivity index (χ4n) is 2.21. The van der Waals surface area contributed by atoms with Gasteiger partial charge in [0.1, 0.15) is 6.29 Å². The summed E-state index contributed by atoms with van der Waals surface area (Å²) in [6, 6.07) is 0. The lowest BCUT2D eigenvalue weighted by Gasteiger charge is -1.98. The number of unbranched alkanes of at least 4 members (excludes halogenated alkanes) is 12. The van der Waals surface area contributed by atoms with Gasteiger partial charge in [-0.1, -0.05) is 84.5 Å².